The second-order valence-corrected chi connectivity index (χ2v) is 6.45. The van der Waals surface area contributed by atoms with Crippen LogP contribution in [0.25, 0.3) is 0 Å². The topological polar surface area (TPSA) is 81.7 Å². The molecule has 2 aromatic carbocycles. The molecule has 0 aliphatic carbocycles. The van der Waals surface area contributed by atoms with E-state index in [9.17, 15) is 14.4 Å². The molecule has 1 N–H and O–H groups in total. The van der Waals surface area contributed by atoms with Gasteiger partial charge in [0.2, 0.25) is 0 Å². The minimum Gasteiger partial charge on any atom is -0.494 e. The minimum absolute atomic E-state index is 0.00388. The Kier molecular flexibility index (Phi) is 8.49. The monoisotopic (exact) mass is 403 g/mol. The number of anilines is 1. The van der Waals surface area contributed by atoms with E-state index in [2.05, 4.69) is 5.32 Å². The third-order valence-electron chi connectivity index (χ3n) is 3.68. The maximum absolute atomic E-state index is 12.1. The molecule has 0 unspecified atom stereocenters. The first-order chi connectivity index (χ1) is 13.5. The van der Waals surface area contributed by atoms with Gasteiger partial charge in [-0.3, -0.25) is 14.4 Å². The van der Waals surface area contributed by atoms with Gasteiger partial charge in [-0.1, -0.05) is 24.6 Å². The molecule has 1 amide bonds. The quantitative estimate of drug-likeness (QED) is 0.473. The number of carbonyl (C=O) groups excluding carboxylic acids is 3. The zero-order chi connectivity index (χ0) is 20.4. The van der Waals surface area contributed by atoms with Gasteiger partial charge in [-0.05, 0) is 48.9 Å². The maximum atomic E-state index is 12.1. The molecular formula is C21H22ClNO5. The van der Waals surface area contributed by atoms with Crippen LogP contribution in [0.2, 0.25) is 5.02 Å². The van der Waals surface area contributed by atoms with E-state index in [0.717, 1.165) is 6.42 Å². The molecule has 7 heteroatoms. The Bertz CT molecular complexity index is 820. The van der Waals surface area contributed by atoms with Crippen LogP contribution >= 0.6 is 11.6 Å². The number of rotatable bonds is 10. The zero-order valence-corrected chi connectivity index (χ0v) is 16.3. The van der Waals surface area contributed by atoms with E-state index >= 15 is 0 Å². The number of hydrogen-bond donors (Lipinski definition) is 1. The van der Waals surface area contributed by atoms with Crippen molar-refractivity contribution in [3.05, 3.63) is 59.1 Å². The highest BCUT2D eigenvalue weighted by Crippen LogP contribution is 2.15. The molecule has 2 aromatic rings. The SMILES string of the molecule is CCCOc1ccc(C(=O)CCC(=O)OCC(=O)Nc2cccc(Cl)c2)cc1. The fourth-order valence-electron chi connectivity index (χ4n) is 2.30. The second-order valence-electron chi connectivity index (χ2n) is 6.02. The van der Waals surface area contributed by atoms with E-state index in [1.165, 1.54) is 0 Å². The van der Waals surface area contributed by atoms with E-state index in [-0.39, 0.29) is 18.6 Å². The summed E-state index contributed by atoms with van der Waals surface area (Å²) in [5.74, 6) is -0.576. The van der Waals surface area contributed by atoms with Crippen LogP contribution in [0.4, 0.5) is 5.69 Å². The largest absolute Gasteiger partial charge is 0.494 e. The Labute approximate surface area is 168 Å². The van der Waals surface area contributed by atoms with Gasteiger partial charge in [0.25, 0.3) is 5.91 Å². The van der Waals surface area contributed by atoms with E-state index in [1.807, 2.05) is 6.92 Å². The van der Waals surface area contributed by atoms with Crippen molar-refractivity contribution in [2.75, 3.05) is 18.5 Å². The van der Waals surface area contributed by atoms with Gasteiger partial charge in [0.15, 0.2) is 12.4 Å². The number of esters is 1. The Balaban J connectivity index is 1.71. The number of hydrogen-bond acceptors (Lipinski definition) is 5. The molecule has 2 rings (SSSR count). The molecule has 0 radical (unpaired) electrons. The van der Waals surface area contributed by atoms with Gasteiger partial charge in [-0.25, -0.2) is 0 Å². The molecule has 0 aliphatic rings. The predicted octanol–water partition coefficient (Wildman–Crippen LogP) is 4.27. The average Bonchev–Trinajstić information content (AvgIpc) is 2.69. The summed E-state index contributed by atoms with van der Waals surface area (Å²) < 4.78 is 10.4. The van der Waals surface area contributed by atoms with E-state index in [1.54, 1.807) is 48.5 Å². The molecule has 0 aliphatic heterocycles. The number of nitrogens with one attached hydrogen (secondary N) is 1. The van der Waals surface area contributed by atoms with Crippen LogP contribution in [0.5, 0.6) is 5.75 Å². The summed E-state index contributed by atoms with van der Waals surface area (Å²) in [6.07, 6.45) is 0.807. The standard InChI is InChI=1S/C21H22ClNO5/c1-2-12-27-18-8-6-15(7-9-18)19(24)10-11-21(26)28-14-20(25)23-17-5-3-4-16(22)13-17/h3-9,13H,2,10-12,14H2,1H3,(H,23,25). The van der Waals surface area contributed by atoms with Crippen molar-refractivity contribution in [1.29, 1.82) is 0 Å². The minimum atomic E-state index is -0.613. The van der Waals surface area contributed by atoms with Crippen LogP contribution in [-0.2, 0) is 14.3 Å². The summed E-state index contributed by atoms with van der Waals surface area (Å²) >= 11 is 5.83. The van der Waals surface area contributed by atoms with Crippen LogP contribution in [0.3, 0.4) is 0 Å². The summed E-state index contributed by atoms with van der Waals surface area (Å²) in [6, 6.07) is 13.4. The maximum Gasteiger partial charge on any atom is 0.306 e. The number of halogens is 1. The van der Waals surface area contributed by atoms with Gasteiger partial charge >= 0.3 is 5.97 Å². The molecule has 0 saturated carbocycles. The van der Waals surface area contributed by atoms with Crippen LogP contribution in [-0.4, -0.2) is 30.9 Å². The highest BCUT2D eigenvalue weighted by atomic mass is 35.5. The Morgan fingerprint density at radius 3 is 2.46 bits per heavy atom. The van der Waals surface area contributed by atoms with Crippen molar-refractivity contribution in [2.45, 2.75) is 26.2 Å². The molecule has 148 valence electrons. The number of ketones is 1. The van der Waals surface area contributed by atoms with Crippen molar-refractivity contribution >= 4 is 34.9 Å². The number of ether oxygens (including phenoxy) is 2. The number of benzene rings is 2. The lowest BCUT2D eigenvalue weighted by atomic mass is 10.1. The first-order valence-corrected chi connectivity index (χ1v) is 9.33. The van der Waals surface area contributed by atoms with Gasteiger partial charge in [0.1, 0.15) is 5.75 Å². The van der Waals surface area contributed by atoms with Crippen molar-refractivity contribution < 1.29 is 23.9 Å². The van der Waals surface area contributed by atoms with E-state index in [0.29, 0.717) is 28.6 Å². The first-order valence-electron chi connectivity index (χ1n) is 8.95. The first kappa shape index (κ1) is 21.4. The molecule has 0 fully saturated rings. The molecular weight excluding hydrogens is 382 g/mol. The van der Waals surface area contributed by atoms with Crippen LogP contribution in [0.1, 0.15) is 36.5 Å². The third kappa shape index (κ3) is 7.40. The van der Waals surface area contributed by atoms with Gasteiger partial charge in [-0.15, -0.1) is 0 Å². The molecule has 0 heterocycles. The molecule has 0 aromatic heterocycles. The summed E-state index contributed by atoms with van der Waals surface area (Å²) in [6.45, 7) is 2.20. The highest BCUT2D eigenvalue weighted by molar-refractivity contribution is 6.30. The Morgan fingerprint density at radius 2 is 1.79 bits per heavy atom. The fraction of sp³-hybridized carbons (Fsp3) is 0.286. The zero-order valence-electron chi connectivity index (χ0n) is 15.6. The summed E-state index contributed by atoms with van der Waals surface area (Å²) in [5, 5.41) is 3.05. The van der Waals surface area contributed by atoms with Crippen LogP contribution in [0.15, 0.2) is 48.5 Å². The molecule has 0 bridgehead atoms. The Morgan fingerprint density at radius 1 is 1.04 bits per heavy atom. The number of Topliss-reactive ketones (excluding diaryl/α,β-unsaturated/α-hetero) is 1. The van der Waals surface area contributed by atoms with E-state index < -0.39 is 18.5 Å². The second kappa shape index (κ2) is 11.1. The molecule has 0 saturated heterocycles. The van der Waals surface area contributed by atoms with Crippen molar-refractivity contribution in [1.82, 2.24) is 0 Å². The van der Waals surface area contributed by atoms with Gasteiger partial charge in [0, 0.05) is 22.7 Å². The summed E-state index contributed by atoms with van der Waals surface area (Å²) in [4.78, 5) is 35.7. The van der Waals surface area contributed by atoms with Crippen molar-refractivity contribution in [3.63, 3.8) is 0 Å². The summed E-state index contributed by atoms with van der Waals surface area (Å²) in [5.41, 5.74) is 1.01. The van der Waals surface area contributed by atoms with Crippen molar-refractivity contribution in [2.24, 2.45) is 0 Å². The molecule has 0 atom stereocenters. The number of amides is 1. The number of carbonyl (C=O) groups is 3. The van der Waals surface area contributed by atoms with Crippen LogP contribution < -0.4 is 10.1 Å². The van der Waals surface area contributed by atoms with Crippen molar-refractivity contribution in [3.8, 4) is 5.75 Å². The summed E-state index contributed by atoms with van der Waals surface area (Å²) in [7, 11) is 0. The molecule has 6 nitrogen and oxygen atoms in total. The lowest BCUT2D eigenvalue weighted by Gasteiger charge is -2.07. The average molecular weight is 404 g/mol. The third-order valence-corrected chi connectivity index (χ3v) is 3.91. The molecule has 0 spiro atoms. The normalized spacial score (nSPS) is 10.2. The predicted molar refractivity (Wildman–Crippen MR) is 107 cm³/mol. The fourth-order valence-corrected chi connectivity index (χ4v) is 2.49. The lowest BCUT2D eigenvalue weighted by Crippen LogP contribution is -2.21. The lowest BCUT2D eigenvalue weighted by molar-refractivity contribution is -0.147. The van der Waals surface area contributed by atoms with Gasteiger partial charge < -0.3 is 14.8 Å². The van der Waals surface area contributed by atoms with Gasteiger partial charge in [0.05, 0.1) is 13.0 Å². The highest BCUT2D eigenvalue weighted by Gasteiger charge is 2.12. The Hall–Kier alpha value is -2.86. The smallest absolute Gasteiger partial charge is 0.306 e. The van der Waals surface area contributed by atoms with Gasteiger partial charge in [-0.2, -0.15) is 0 Å². The molecule has 28 heavy (non-hydrogen) atoms. The van der Waals surface area contributed by atoms with Crippen LogP contribution in [0, 0.1) is 0 Å². The van der Waals surface area contributed by atoms with E-state index in [4.69, 9.17) is 21.1 Å².